The van der Waals surface area contributed by atoms with Crippen LogP contribution in [0, 0.1) is 0 Å². The van der Waals surface area contributed by atoms with Crippen LogP contribution < -0.4 is 10.2 Å². The van der Waals surface area contributed by atoms with Crippen LogP contribution in [0.1, 0.15) is 39.7 Å². The van der Waals surface area contributed by atoms with Crippen molar-refractivity contribution in [3.8, 4) is 0 Å². The van der Waals surface area contributed by atoms with Crippen molar-refractivity contribution in [3.05, 3.63) is 52.1 Å². The molecule has 140 valence electrons. The van der Waals surface area contributed by atoms with Crippen molar-refractivity contribution in [2.24, 2.45) is 0 Å². The van der Waals surface area contributed by atoms with Crippen LogP contribution in [0.15, 0.2) is 36.1 Å². The number of thiazole rings is 1. The minimum atomic E-state index is -0.913. The highest BCUT2D eigenvalue weighted by molar-refractivity contribution is 7.09. The molecule has 4 heterocycles. The number of aliphatic hydroxyl groups excluding tert-OH is 1. The molecule has 0 bridgehead atoms. The normalized spacial score (nSPS) is 20.0. The summed E-state index contributed by atoms with van der Waals surface area (Å²) in [5.41, 5.74) is 2.64. The molecule has 2 aliphatic heterocycles. The van der Waals surface area contributed by atoms with Gasteiger partial charge in [0, 0.05) is 29.8 Å². The number of carbonyl (C=O) groups is 3. The third-order valence-electron chi connectivity index (χ3n) is 5.14. The number of anilines is 1. The molecule has 0 spiro atoms. The number of amides is 3. The topological polar surface area (TPSA) is 112 Å². The SMILES string of the molecule is O=C1CCC(N2C(=O)c3cccc4c(C(O)c5cncs5)cnc2c34)C(=O)N1. The molecule has 28 heavy (non-hydrogen) atoms. The van der Waals surface area contributed by atoms with Crippen molar-refractivity contribution in [2.75, 3.05) is 4.90 Å². The number of rotatable bonds is 3. The van der Waals surface area contributed by atoms with Crippen molar-refractivity contribution >= 4 is 45.6 Å². The second-order valence-electron chi connectivity index (χ2n) is 6.71. The molecule has 3 aromatic rings. The Hall–Kier alpha value is -3.17. The lowest BCUT2D eigenvalue weighted by Gasteiger charge is -2.29. The third kappa shape index (κ3) is 2.36. The monoisotopic (exact) mass is 394 g/mol. The summed E-state index contributed by atoms with van der Waals surface area (Å²) in [5, 5.41) is 14.4. The Kier molecular flexibility index (Phi) is 3.74. The van der Waals surface area contributed by atoms with Crippen LogP contribution in [-0.4, -0.2) is 38.8 Å². The zero-order valence-electron chi connectivity index (χ0n) is 14.5. The lowest BCUT2D eigenvalue weighted by molar-refractivity contribution is -0.134. The number of nitrogens with one attached hydrogen (secondary N) is 1. The summed E-state index contributed by atoms with van der Waals surface area (Å²) < 4.78 is 0. The first-order chi connectivity index (χ1) is 13.6. The average molecular weight is 394 g/mol. The van der Waals surface area contributed by atoms with E-state index in [-0.39, 0.29) is 24.7 Å². The molecule has 2 aliphatic rings. The van der Waals surface area contributed by atoms with Crippen molar-refractivity contribution in [3.63, 3.8) is 0 Å². The highest BCUT2D eigenvalue weighted by atomic mass is 32.1. The molecule has 2 atom stereocenters. The zero-order valence-corrected chi connectivity index (χ0v) is 15.3. The molecule has 0 radical (unpaired) electrons. The van der Waals surface area contributed by atoms with E-state index in [4.69, 9.17) is 0 Å². The van der Waals surface area contributed by atoms with Gasteiger partial charge >= 0.3 is 0 Å². The number of hydrogen-bond acceptors (Lipinski definition) is 7. The molecule has 8 nitrogen and oxygen atoms in total. The molecule has 2 unspecified atom stereocenters. The maximum atomic E-state index is 13.1. The Morgan fingerprint density at radius 3 is 2.86 bits per heavy atom. The quantitative estimate of drug-likeness (QED) is 0.652. The van der Waals surface area contributed by atoms with Crippen LogP contribution >= 0.6 is 11.3 Å². The largest absolute Gasteiger partial charge is 0.383 e. The number of aromatic nitrogens is 2. The highest BCUT2D eigenvalue weighted by Crippen LogP contribution is 2.41. The van der Waals surface area contributed by atoms with Crippen LogP contribution in [0.25, 0.3) is 10.8 Å². The first-order valence-electron chi connectivity index (χ1n) is 8.71. The molecule has 2 aromatic heterocycles. The molecule has 2 N–H and O–H groups in total. The van der Waals surface area contributed by atoms with Crippen molar-refractivity contribution < 1.29 is 19.5 Å². The summed E-state index contributed by atoms with van der Waals surface area (Å²) in [6.07, 6.45) is 2.63. The number of hydrogen-bond donors (Lipinski definition) is 2. The van der Waals surface area contributed by atoms with Crippen LogP contribution in [0.2, 0.25) is 0 Å². The maximum absolute atomic E-state index is 13.1. The minimum absolute atomic E-state index is 0.169. The summed E-state index contributed by atoms with van der Waals surface area (Å²) in [4.78, 5) is 47.3. The number of piperidine rings is 1. The van der Waals surface area contributed by atoms with Crippen LogP contribution in [0.3, 0.4) is 0 Å². The van der Waals surface area contributed by atoms with E-state index in [1.807, 2.05) is 6.07 Å². The van der Waals surface area contributed by atoms with Crippen LogP contribution in [-0.2, 0) is 9.59 Å². The fraction of sp³-hybridized carbons (Fsp3) is 0.211. The van der Waals surface area contributed by atoms with Gasteiger partial charge in [0.25, 0.3) is 5.91 Å². The van der Waals surface area contributed by atoms with Crippen molar-refractivity contribution in [1.29, 1.82) is 0 Å². The lowest BCUT2D eigenvalue weighted by Crippen LogP contribution is -2.53. The first-order valence-corrected chi connectivity index (χ1v) is 9.59. The third-order valence-corrected chi connectivity index (χ3v) is 5.97. The summed E-state index contributed by atoms with van der Waals surface area (Å²) >= 11 is 1.33. The predicted molar refractivity (Wildman–Crippen MR) is 101 cm³/mol. The van der Waals surface area contributed by atoms with Gasteiger partial charge < -0.3 is 5.11 Å². The van der Waals surface area contributed by atoms with E-state index in [0.29, 0.717) is 32.6 Å². The fourth-order valence-electron chi connectivity index (χ4n) is 3.83. The predicted octanol–water partition coefficient (Wildman–Crippen LogP) is 1.54. The van der Waals surface area contributed by atoms with E-state index in [0.717, 1.165) is 0 Å². The summed E-state index contributed by atoms with van der Waals surface area (Å²) in [6.45, 7) is 0. The van der Waals surface area contributed by atoms with Gasteiger partial charge in [-0.1, -0.05) is 12.1 Å². The molecule has 3 amide bonds. The standard InChI is InChI=1S/C19H14N4O4S/c24-14-5-4-12(18(26)22-14)23-17-15-9(2-1-3-10(15)19(23)27)11(6-21-17)16(25)13-7-20-8-28-13/h1-3,6-8,12,16,25H,4-5H2,(H,22,24,26). The van der Waals surface area contributed by atoms with Gasteiger partial charge in [0.2, 0.25) is 11.8 Å². The Morgan fingerprint density at radius 1 is 1.25 bits per heavy atom. The maximum Gasteiger partial charge on any atom is 0.260 e. The van der Waals surface area contributed by atoms with Crippen LogP contribution in [0.4, 0.5) is 5.82 Å². The van der Waals surface area contributed by atoms with Gasteiger partial charge in [-0.25, -0.2) is 4.98 Å². The van der Waals surface area contributed by atoms with Gasteiger partial charge in [0.1, 0.15) is 18.0 Å². The number of benzene rings is 1. The second-order valence-corrected chi connectivity index (χ2v) is 7.63. The van der Waals surface area contributed by atoms with Gasteiger partial charge in [0.05, 0.1) is 16.0 Å². The first kappa shape index (κ1) is 17.0. The summed E-state index contributed by atoms with van der Waals surface area (Å²) in [5.74, 6) is -0.787. The minimum Gasteiger partial charge on any atom is -0.383 e. The van der Waals surface area contributed by atoms with Gasteiger partial charge in [-0.2, -0.15) is 0 Å². The Bertz CT molecular complexity index is 1140. The van der Waals surface area contributed by atoms with E-state index in [1.54, 1.807) is 23.8 Å². The van der Waals surface area contributed by atoms with E-state index in [9.17, 15) is 19.5 Å². The van der Waals surface area contributed by atoms with E-state index in [1.165, 1.54) is 22.4 Å². The van der Waals surface area contributed by atoms with Gasteiger partial charge in [-0.05, 0) is 17.9 Å². The smallest absolute Gasteiger partial charge is 0.260 e. The summed E-state index contributed by atoms with van der Waals surface area (Å²) in [7, 11) is 0. The highest BCUT2D eigenvalue weighted by Gasteiger charge is 2.42. The molecule has 1 aromatic carbocycles. The zero-order chi connectivity index (χ0) is 19.4. The molecular weight excluding hydrogens is 380 g/mol. The molecular formula is C19H14N4O4S. The van der Waals surface area contributed by atoms with Crippen LogP contribution in [0.5, 0.6) is 0 Å². The van der Waals surface area contributed by atoms with Gasteiger partial charge in [-0.3, -0.25) is 29.6 Å². The van der Waals surface area contributed by atoms with E-state index >= 15 is 0 Å². The second kappa shape index (κ2) is 6.18. The molecule has 1 fully saturated rings. The fourth-order valence-corrected chi connectivity index (χ4v) is 4.46. The molecule has 1 saturated heterocycles. The molecule has 5 rings (SSSR count). The lowest BCUT2D eigenvalue weighted by atomic mass is 10.00. The molecule has 9 heteroatoms. The van der Waals surface area contributed by atoms with Crippen molar-refractivity contribution in [1.82, 2.24) is 15.3 Å². The number of imide groups is 1. The number of pyridine rings is 1. The van der Waals surface area contributed by atoms with Gasteiger partial charge in [-0.15, -0.1) is 11.3 Å². The van der Waals surface area contributed by atoms with Gasteiger partial charge in [0.15, 0.2) is 0 Å². The Labute approximate surface area is 162 Å². The van der Waals surface area contributed by atoms with E-state index < -0.39 is 18.1 Å². The Morgan fingerprint density at radius 2 is 2.11 bits per heavy atom. The Balaban J connectivity index is 1.65. The molecule has 0 aliphatic carbocycles. The van der Waals surface area contributed by atoms with E-state index in [2.05, 4.69) is 15.3 Å². The number of carbonyl (C=O) groups excluding carboxylic acids is 3. The average Bonchev–Trinajstić information content (AvgIpc) is 3.31. The summed E-state index contributed by atoms with van der Waals surface area (Å²) in [6, 6.07) is 4.47. The number of aliphatic hydroxyl groups is 1. The molecule has 0 saturated carbocycles. The number of nitrogens with zero attached hydrogens (tertiary/aromatic N) is 3. The van der Waals surface area contributed by atoms with Crippen molar-refractivity contribution in [2.45, 2.75) is 25.0 Å².